The monoisotopic (exact) mass is 231 g/mol. The molecule has 1 atom stereocenters. The van der Waals surface area contributed by atoms with Gasteiger partial charge < -0.3 is 5.11 Å². The molecule has 15 heavy (non-hydrogen) atoms. The van der Waals surface area contributed by atoms with E-state index in [9.17, 15) is 14.4 Å². The Morgan fingerprint density at radius 1 is 1.47 bits per heavy atom. The van der Waals surface area contributed by atoms with E-state index in [0.717, 1.165) is 0 Å². The largest absolute Gasteiger partial charge is 0.481 e. The fraction of sp³-hybridized carbons (Fsp3) is 0.667. The molecule has 1 saturated heterocycles. The van der Waals surface area contributed by atoms with Crippen LogP contribution in [0.25, 0.3) is 0 Å². The molecule has 6 heteroatoms. The van der Waals surface area contributed by atoms with Gasteiger partial charge in [0.05, 0.1) is 11.5 Å². The number of nitrogens with zero attached hydrogens (tertiary/aromatic N) is 1. The van der Waals surface area contributed by atoms with E-state index in [1.807, 2.05) is 0 Å². The number of hydrogen-bond donors (Lipinski definition) is 1. The lowest BCUT2D eigenvalue weighted by Crippen LogP contribution is -2.45. The Hall–Kier alpha value is -1.04. The van der Waals surface area contributed by atoms with Crippen molar-refractivity contribution in [1.29, 1.82) is 0 Å². The Bertz CT molecular complexity index is 276. The highest BCUT2D eigenvalue weighted by Gasteiger charge is 2.27. The highest BCUT2D eigenvalue weighted by Crippen LogP contribution is 2.15. The maximum atomic E-state index is 11.4. The van der Waals surface area contributed by atoms with Crippen LogP contribution >= 0.6 is 11.8 Å². The van der Waals surface area contributed by atoms with E-state index in [1.54, 1.807) is 6.92 Å². The van der Waals surface area contributed by atoms with Gasteiger partial charge in [0.25, 0.3) is 0 Å². The van der Waals surface area contributed by atoms with Crippen LogP contribution in [0.5, 0.6) is 0 Å². The Morgan fingerprint density at radius 3 is 2.47 bits per heavy atom. The van der Waals surface area contributed by atoms with Crippen molar-refractivity contribution >= 4 is 29.5 Å². The summed E-state index contributed by atoms with van der Waals surface area (Å²) in [5, 5.41) is 8.55. The molecular formula is C9H13NO4S. The Labute approximate surface area is 91.8 Å². The van der Waals surface area contributed by atoms with E-state index in [2.05, 4.69) is 0 Å². The van der Waals surface area contributed by atoms with E-state index >= 15 is 0 Å². The van der Waals surface area contributed by atoms with Crippen LogP contribution in [0.4, 0.5) is 0 Å². The maximum absolute atomic E-state index is 11.4. The molecule has 0 saturated carbocycles. The van der Waals surface area contributed by atoms with E-state index in [-0.39, 0.29) is 30.7 Å². The van der Waals surface area contributed by atoms with Gasteiger partial charge in [0.2, 0.25) is 11.8 Å². The number of hydrogen-bond acceptors (Lipinski definition) is 4. The summed E-state index contributed by atoms with van der Waals surface area (Å²) in [5.41, 5.74) is 0. The van der Waals surface area contributed by atoms with Crippen LogP contribution in [-0.2, 0) is 14.4 Å². The van der Waals surface area contributed by atoms with Gasteiger partial charge >= 0.3 is 5.97 Å². The topological polar surface area (TPSA) is 74.7 Å². The minimum atomic E-state index is -0.909. The molecule has 0 bridgehead atoms. The molecule has 2 amide bonds. The van der Waals surface area contributed by atoms with Crippen molar-refractivity contribution in [2.75, 3.05) is 18.1 Å². The first kappa shape index (κ1) is 12.0. The minimum Gasteiger partial charge on any atom is -0.481 e. The lowest BCUT2D eigenvalue weighted by molar-refractivity contribution is -0.145. The smallest absolute Gasteiger partial charge is 0.303 e. The highest BCUT2D eigenvalue weighted by molar-refractivity contribution is 8.00. The van der Waals surface area contributed by atoms with Gasteiger partial charge in [-0.3, -0.25) is 19.3 Å². The second-order valence-corrected chi connectivity index (χ2v) is 4.58. The third-order valence-corrected chi connectivity index (χ3v) is 2.97. The van der Waals surface area contributed by atoms with Gasteiger partial charge in [0, 0.05) is 13.0 Å². The van der Waals surface area contributed by atoms with Crippen molar-refractivity contribution in [2.24, 2.45) is 5.92 Å². The predicted molar refractivity (Wildman–Crippen MR) is 55.5 cm³/mol. The molecule has 1 aliphatic rings. The van der Waals surface area contributed by atoms with Crippen LogP contribution in [0.2, 0.25) is 0 Å². The first-order valence-electron chi connectivity index (χ1n) is 4.63. The molecule has 0 radical (unpaired) electrons. The van der Waals surface area contributed by atoms with Gasteiger partial charge in [-0.1, -0.05) is 6.92 Å². The van der Waals surface area contributed by atoms with Crippen molar-refractivity contribution in [1.82, 2.24) is 4.90 Å². The summed E-state index contributed by atoms with van der Waals surface area (Å²) >= 11 is 1.30. The number of carboxylic acid groups (broad SMARTS) is 1. The zero-order chi connectivity index (χ0) is 11.4. The fourth-order valence-electron chi connectivity index (χ4n) is 1.40. The molecule has 1 N–H and O–H groups in total. The number of carbonyl (C=O) groups excluding carboxylic acids is 2. The Kier molecular flexibility index (Phi) is 4.14. The van der Waals surface area contributed by atoms with Crippen LogP contribution in [0.3, 0.4) is 0 Å². The van der Waals surface area contributed by atoms with Gasteiger partial charge in [-0.05, 0) is 5.92 Å². The number of thioether (sulfide) groups is 1. The van der Waals surface area contributed by atoms with E-state index in [4.69, 9.17) is 5.11 Å². The van der Waals surface area contributed by atoms with Crippen molar-refractivity contribution < 1.29 is 19.5 Å². The maximum Gasteiger partial charge on any atom is 0.303 e. The average molecular weight is 231 g/mol. The van der Waals surface area contributed by atoms with E-state index < -0.39 is 5.97 Å². The molecule has 1 heterocycles. The summed E-state index contributed by atoms with van der Waals surface area (Å²) in [6.07, 6.45) is -0.0236. The second kappa shape index (κ2) is 5.16. The molecule has 0 aromatic rings. The van der Waals surface area contributed by atoms with Crippen LogP contribution in [-0.4, -0.2) is 45.8 Å². The first-order chi connectivity index (χ1) is 7.00. The number of carbonyl (C=O) groups is 3. The number of rotatable bonds is 4. The lowest BCUT2D eigenvalue weighted by Gasteiger charge is -2.26. The summed E-state index contributed by atoms with van der Waals surface area (Å²) in [7, 11) is 0. The predicted octanol–water partition coefficient (Wildman–Crippen LogP) is 0.199. The van der Waals surface area contributed by atoms with Gasteiger partial charge in [-0.25, -0.2) is 0 Å². The number of amides is 2. The average Bonchev–Trinajstić information content (AvgIpc) is 2.10. The highest BCUT2D eigenvalue weighted by atomic mass is 32.2. The third-order valence-electron chi connectivity index (χ3n) is 2.07. The van der Waals surface area contributed by atoms with Crippen molar-refractivity contribution in [3.05, 3.63) is 0 Å². The summed E-state index contributed by atoms with van der Waals surface area (Å²) in [4.78, 5) is 34.3. The zero-order valence-corrected chi connectivity index (χ0v) is 9.25. The van der Waals surface area contributed by atoms with Gasteiger partial charge in [-0.2, -0.15) is 0 Å². The van der Waals surface area contributed by atoms with Gasteiger partial charge in [0.15, 0.2) is 0 Å². The van der Waals surface area contributed by atoms with Crippen LogP contribution in [0.1, 0.15) is 13.3 Å². The van der Waals surface area contributed by atoms with Gasteiger partial charge in [-0.15, -0.1) is 11.8 Å². The van der Waals surface area contributed by atoms with E-state index in [0.29, 0.717) is 11.5 Å². The van der Waals surface area contributed by atoms with Crippen molar-refractivity contribution in [3.63, 3.8) is 0 Å². The number of carboxylic acids is 1. The molecule has 1 rings (SSSR count). The van der Waals surface area contributed by atoms with Crippen molar-refractivity contribution in [2.45, 2.75) is 13.3 Å². The molecule has 0 aliphatic carbocycles. The summed E-state index contributed by atoms with van der Waals surface area (Å²) in [6, 6.07) is 0. The van der Waals surface area contributed by atoms with Crippen LogP contribution in [0, 0.1) is 5.92 Å². The van der Waals surface area contributed by atoms with Crippen LogP contribution < -0.4 is 0 Å². The molecule has 5 nitrogen and oxygen atoms in total. The summed E-state index contributed by atoms with van der Waals surface area (Å²) in [6.45, 7) is 1.93. The minimum absolute atomic E-state index is 0.0236. The molecule has 0 aromatic heterocycles. The van der Waals surface area contributed by atoms with Crippen LogP contribution in [0.15, 0.2) is 0 Å². The Balaban J connectivity index is 2.51. The normalized spacial score (nSPS) is 19.1. The lowest BCUT2D eigenvalue weighted by atomic mass is 10.1. The van der Waals surface area contributed by atoms with Crippen molar-refractivity contribution in [3.8, 4) is 0 Å². The number of imide groups is 1. The number of aliphatic carboxylic acids is 1. The van der Waals surface area contributed by atoms with Gasteiger partial charge in [0.1, 0.15) is 0 Å². The molecule has 1 unspecified atom stereocenters. The molecule has 84 valence electrons. The molecular weight excluding hydrogens is 218 g/mol. The quantitative estimate of drug-likeness (QED) is 0.699. The molecule has 1 fully saturated rings. The Morgan fingerprint density at radius 2 is 2.00 bits per heavy atom. The fourth-order valence-corrected chi connectivity index (χ4v) is 2.16. The summed E-state index contributed by atoms with van der Waals surface area (Å²) in [5.74, 6) is -0.911. The third kappa shape index (κ3) is 3.54. The molecule has 0 spiro atoms. The first-order valence-corrected chi connectivity index (χ1v) is 5.79. The SMILES string of the molecule is CC(CC(=O)O)CN1C(=O)CSCC1=O. The molecule has 0 aromatic carbocycles. The zero-order valence-electron chi connectivity index (χ0n) is 8.43. The standard InChI is InChI=1S/C9H13NO4S/c1-6(2-9(13)14)3-10-7(11)4-15-5-8(10)12/h6H,2-5H2,1H3,(H,13,14). The molecule has 1 aliphatic heterocycles. The van der Waals surface area contributed by atoms with E-state index in [1.165, 1.54) is 16.7 Å². The summed E-state index contributed by atoms with van der Waals surface area (Å²) < 4.78 is 0. The second-order valence-electron chi connectivity index (χ2n) is 3.59.